The molecular formula is C22H28N4O6. The fourth-order valence-electron chi connectivity index (χ4n) is 3.18. The Kier molecular flexibility index (Phi) is 9.63. The number of carbonyl (C=O) groups excluding carboxylic acids is 4. The van der Waals surface area contributed by atoms with E-state index in [1.807, 2.05) is 6.07 Å². The van der Waals surface area contributed by atoms with Crippen LogP contribution in [-0.4, -0.2) is 73.6 Å². The molecule has 10 nitrogen and oxygen atoms in total. The monoisotopic (exact) mass is 444 g/mol. The number of ether oxygens (including phenoxy) is 2. The van der Waals surface area contributed by atoms with Crippen molar-refractivity contribution in [2.75, 3.05) is 32.8 Å². The molecule has 0 unspecified atom stereocenters. The molecule has 1 fully saturated rings. The second kappa shape index (κ2) is 12.4. The maximum Gasteiger partial charge on any atom is 0.325 e. The van der Waals surface area contributed by atoms with Crippen LogP contribution in [0.1, 0.15) is 42.6 Å². The molecule has 172 valence electrons. The molecule has 10 heteroatoms. The quantitative estimate of drug-likeness (QED) is 0.525. The molecule has 0 aromatic heterocycles. The van der Waals surface area contributed by atoms with Gasteiger partial charge in [-0.1, -0.05) is 0 Å². The van der Waals surface area contributed by atoms with Crippen molar-refractivity contribution >= 4 is 23.7 Å². The van der Waals surface area contributed by atoms with Gasteiger partial charge in [-0.2, -0.15) is 5.26 Å². The summed E-state index contributed by atoms with van der Waals surface area (Å²) in [6.07, 6.45) is 0.955. The van der Waals surface area contributed by atoms with Crippen molar-refractivity contribution < 1.29 is 28.7 Å². The average Bonchev–Trinajstić information content (AvgIpc) is 2.81. The smallest absolute Gasteiger partial charge is 0.325 e. The van der Waals surface area contributed by atoms with Gasteiger partial charge >= 0.3 is 5.97 Å². The topological polar surface area (TPSA) is 138 Å². The van der Waals surface area contributed by atoms with Gasteiger partial charge in [0, 0.05) is 18.7 Å². The molecule has 1 atom stereocenters. The standard InChI is InChI=1S/C22H28N4O6/c1-3-31-20(28)13-24-19(27)14-32-18-8-10-26(11-9-18)22(30)15(2)25-21(29)17-6-4-16(12-23)5-7-17/h4-7,15,18H,3,8-11,13-14H2,1-2H3,(H,24,27)(H,25,29)/t15-/m0/s1. The number of esters is 1. The summed E-state index contributed by atoms with van der Waals surface area (Å²) in [5.74, 6) is -1.50. The minimum absolute atomic E-state index is 0.170. The normalized spacial score (nSPS) is 14.7. The van der Waals surface area contributed by atoms with Crippen LogP contribution in [0.25, 0.3) is 0 Å². The van der Waals surface area contributed by atoms with Crippen molar-refractivity contribution in [3.63, 3.8) is 0 Å². The first-order chi connectivity index (χ1) is 15.3. The van der Waals surface area contributed by atoms with E-state index < -0.39 is 17.9 Å². The third-order valence-corrected chi connectivity index (χ3v) is 4.93. The van der Waals surface area contributed by atoms with Crippen molar-refractivity contribution in [3.05, 3.63) is 35.4 Å². The van der Waals surface area contributed by atoms with Gasteiger partial charge in [0.1, 0.15) is 19.2 Å². The zero-order valence-electron chi connectivity index (χ0n) is 18.3. The Morgan fingerprint density at radius 2 is 1.84 bits per heavy atom. The summed E-state index contributed by atoms with van der Waals surface area (Å²) >= 11 is 0. The lowest BCUT2D eigenvalue weighted by atomic mass is 10.1. The molecule has 1 aromatic carbocycles. The molecular weight excluding hydrogens is 416 g/mol. The second-order valence-corrected chi connectivity index (χ2v) is 7.30. The van der Waals surface area contributed by atoms with Crippen LogP contribution in [0.3, 0.4) is 0 Å². The molecule has 0 aliphatic carbocycles. The van der Waals surface area contributed by atoms with Crippen molar-refractivity contribution in [3.8, 4) is 6.07 Å². The van der Waals surface area contributed by atoms with Gasteiger partial charge in [-0.3, -0.25) is 19.2 Å². The first-order valence-corrected chi connectivity index (χ1v) is 10.5. The summed E-state index contributed by atoms with van der Waals surface area (Å²) < 4.78 is 10.3. The number of piperidine rings is 1. The Balaban J connectivity index is 1.71. The molecule has 1 saturated heterocycles. The third kappa shape index (κ3) is 7.67. The Morgan fingerprint density at radius 1 is 1.19 bits per heavy atom. The van der Waals surface area contributed by atoms with Gasteiger partial charge in [0.05, 0.1) is 24.3 Å². The molecule has 1 aromatic rings. The number of rotatable bonds is 9. The lowest BCUT2D eigenvalue weighted by Crippen LogP contribution is -2.50. The molecule has 2 N–H and O–H groups in total. The predicted octanol–water partition coefficient (Wildman–Crippen LogP) is 0.363. The zero-order chi connectivity index (χ0) is 23.5. The van der Waals surface area contributed by atoms with Gasteiger partial charge in [0.25, 0.3) is 5.91 Å². The number of hydrogen-bond acceptors (Lipinski definition) is 7. The Hall–Kier alpha value is -3.45. The molecule has 0 spiro atoms. The highest BCUT2D eigenvalue weighted by Crippen LogP contribution is 2.15. The van der Waals surface area contributed by atoms with Crippen molar-refractivity contribution in [1.29, 1.82) is 5.26 Å². The number of benzene rings is 1. The molecule has 1 aliphatic heterocycles. The summed E-state index contributed by atoms with van der Waals surface area (Å²) in [5.41, 5.74) is 0.823. The van der Waals surface area contributed by atoms with Gasteiger partial charge in [-0.05, 0) is 51.0 Å². The van der Waals surface area contributed by atoms with E-state index in [1.54, 1.807) is 30.9 Å². The highest BCUT2D eigenvalue weighted by Gasteiger charge is 2.27. The Bertz CT molecular complexity index is 856. The van der Waals surface area contributed by atoms with Crippen LogP contribution in [0.15, 0.2) is 24.3 Å². The summed E-state index contributed by atoms with van der Waals surface area (Å²) in [4.78, 5) is 49.6. The van der Waals surface area contributed by atoms with Gasteiger partial charge < -0.3 is 25.0 Å². The fourth-order valence-corrected chi connectivity index (χ4v) is 3.18. The van der Waals surface area contributed by atoms with E-state index in [-0.39, 0.29) is 37.7 Å². The number of nitriles is 1. The first kappa shape index (κ1) is 24.8. The van der Waals surface area contributed by atoms with Gasteiger partial charge in [-0.15, -0.1) is 0 Å². The SMILES string of the molecule is CCOC(=O)CNC(=O)COC1CCN(C(=O)[C@H](C)NC(=O)c2ccc(C#N)cc2)CC1. The number of hydrogen-bond donors (Lipinski definition) is 2. The van der Waals surface area contributed by atoms with E-state index >= 15 is 0 Å². The van der Waals surface area contributed by atoms with Crippen LogP contribution in [0, 0.1) is 11.3 Å². The zero-order valence-corrected chi connectivity index (χ0v) is 18.3. The van der Waals surface area contributed by atoms with Crippen LogP contribution in [0.2, 0.25) is 0 Å². The van der Waals surface area contributed by atoms with Crippen LogP contribution in [-0.2, 0) is 23.9 Å². The predicted molar refractivity (Wildman–Crippen MR) is 113 cm³/mol. The molecule has 0 bridgehead atoms. The van der Waals surface area contributed by atoms with E-state index in [1.165, 1.54) is 12.1 Å². The van der Waals surface area contributed by atoms with Crippen LogP contribution >= 0.6 is 0 Å². The number of nitrogens with zero attached hydrogens (tertiary/aromatic N) is 2. The molecule has 1 aliphatic rings. The number of likely N-dealkylation sites (tertiary alicyclic amines) is 1. The van der Waals surface area contributed by atoms with E-state index in [0.29, 0.717) is 37.1 Å². The van der Waals surface area contributed by atoms with Crippen molar-refractivity contribution in [2.45, 2.75) is 38.8 Å². The molecule has 2 rings (SSSR count). The van der Waals surface area contributed by atoms with Gasteiger partial charge in [0.15, 0.2) is 0 Å². The van der Waals surface area contributed by atoms with Gasteiger partial charge in [0.2, 0.25) is 11.8 Å². The highest BCUT2D eigenvalue weighted by atomic mass is 16.5. The highest BCUT2D eigenvalue weighted by molar-refractivity contribution is 5.97. The fraction of sp³-hybridized carbons (Fsp3) is 0.500. The minimum Gasteiger partial charge on any atom is -0.465 e. The lowest BCUT2D eigenvalue weighted by Gasteiger charge is -2.33. The second-order valence-electron chi connectivity index (χ2n) is 7.30. The Morgan fingerprint density at radius 3 is 2.44 bits per heavy atom. The summed E-state index contributed by atoms with van der Waals surface area (Å²) in [5, 5.41) is 13.9. The van der Waals surface area contributed by atoms with Gasteiger partial charge in [-0.25, -0.2) is 0 Å². The van der Waals surface area contributed by atoms with E-state index in [4.69, 9.17) is 14.7 Å². The Labute approximate surface area is 186 Å². The first-order valence-electron chi connectivity index (χ1n) is 10.5. The van der Waals surface area contributed by atoms with E-state index in [0.717, 1.165) is 0 Å². The number of amides is 3. The third-order valence-electron chi connectivity index (χ3n) is 4.93. The molecule has 0 radical (unpaired) electrons. The summed E-state index contributed by atoms with van der Waals surface area (Å²) in [6.45, 7) is 4.09. The maximum absolute atomic E-state index is 12.7. The average molecular weight is 444 g/mol. The number of nitrogens with one attached hydrogen (secondary N) is 2. The van der Waals surface area contributed by atoms with Crippen molar-refractivity contribution in [2.24, 2.45) is 0 Å². The summed E-state index contributed by atoms with van der Waals surface area (Å²) in [7, 11) is 0. The van der Waals surface area contributed by atoms with Crippen LogP contribution in [0.4, 0.5) is 0 Å². The van der Waals surface area contributed by atoms with E-state index in [2.05, 4.69) is 10.6 Å². The summed E-state index contributed by atoms with van der Waals surface area (Å²) in [6, 6.07) is 7.45. The molecule has 32 heavy (non-hydrogen) atoms. The molecule has 1 heterocycles. The largest absolute Gasteiger partial charge is 0.465 e. The van der Waals surface area contributed by atoms with Crippen molar-refractivity contribution in [1.82, 2.24) is 15.5 Å². The van der Waals surface area contributed by atoms with Crippen LogP contribution in [0.5, 0.6) is 0 Å². The number of carbonyl (C=O) groups is 4. The van der Waals surface area contributed by atoms with Crippen LogP contribution < -0.4 is 10.6 Å². The van der Waals surface area contributed by atoms with E-state index in [9.17, 15) is 19.2 Å². The lowest BCUT2D eigenvalue weighted by molar-refractivity contribution is -0.144. The molecule has 3 amide bonds. The minimum atomic E-state index is -0.704. The molecule has 0 saturated carbocycles. The maximum atomic E-state index is 12.7.